The van der Waals surface area contributed by atoms with E-state index in [-0.39, 0.29) is 0 Å². The highest BCUT2D eigenvalue weighted by Crippen LogP contribution is 2.27. The molecule has 2 heterocycles. The van der Waals surface area contributed by atoms with Crippen molar-refractivity contribution in [1.82, 2.24) is 30.0 Å². The molecule has 0 N–H and O–H groups in total. The van der Waals surface area contributed by atoms with E-state index in [2.05, 4.69) is 45.5 Å². The summed E-state index contributed by atoms with van der Waals surface area (Å²) in [4.78, 5) is 3.28. The molecule has 0 fully saturated rings. The lowest BCUT2D eigenvalue weighted by atomic mass is 9.98. The Labute approximate surface area is 156 Å². The van der Waals surface area contributed by atoms with Crippen LogP contribution in [-0.2, 0) is 6.42 Å². The van der Waals surface area contributed by atoms with Crippen molar-refractivity contribution in [3.05, 3.63) is 82.4 Å². The van der Waals surface area contributed by atoms with Crippen LogP contribution in [0.4, 0.5) is 0 Å². The monoisotopic (exact) mass is 364 g/mol. The summed E-state index contributed by atoms with van der Waals surface area (Å²) in [5.41, 5.74) is 6.21. The molecule has 4 aromatic rings. The molecule has 7 heteroatoms. The third-order valence-corrected chi connectivity index (χ3v) is 4.44. The van der Waals surface area contributed by atoms with E-state index in [1.54, 1.807) is 34.4 Å². The van der Waals surface area contributed by atoms with Crippen LogP contribution in [0.1, 0.15) is 22.3 Å². The Balaban J connectivity index is 1.84. The molecule has 0 saturated carbocycles. The Kier molecular flexibility index (Phi) is 4.26. The zero-order chi connectivity index (χ0) is 18.1. The Morgan fingerprint density at radius 2 is 1.46 bits per heavy atom. The van der Waals surface area contributed by atoms with Crippen LogP contribution in [-0.4, -0.2) is 30.0 Å². The standard InChI is InChI=1S/C19H17ClN6/c1-13-3-4-15(18(9-13)25-21-5-6-22-25)11-16-12-17(20)10-14(2)19(16)26-23-7-8-24-26/h3-10,12H,11H2,1-2H3. The molecular weight excluding hydrogens is 348 g/mol. The first-order valence-electron chi connectivity index (χ1n) is 8.24. The second-order valence-electron chi connectivity index (χ2n) is 6.18. The average Bonchev–Trinajstić information content (AvgIpc) is 3.29. The third-order valence-electron chi connectivity index (χ3n) is 4.22. The van der Waals surface area contributed by atoms with Gasteiger partial charge in [-0.1, -0.05) is 23.7 Å². The number of aromatic nitrogens is 6. The molecule has 0 atom stereocenters. The number of rotatable bonds is 4. The van der Waals surface area contributed by atoms with E-state index in [0.717, 1.165) is 33.6 Å². The van der Waals surface area contributed by atoms with Crippen LogP contribution in [0.15, 0.2) is 55.1 Å². The van der Waals surface area contributed by atoms with E-state index in [1.807, 2.05) is 19.1 Å². The minimum Gasteiger partial charge on any atom is -0.157 e. The molecule has 0 amide bonds. The Morgan fingerprint density at radius 3 is 2.15 bits per heavy atom. The van der Waals surface area contributed by atoms with Gasteiger partial charge in [0.05, 0.1) is 36.2 Å². The second-order valence-corrected chi connectivity index (χ2v) is 6.61. The topological polar surface area (TPSA) is 61.4 Å². The van der Waals surface area contributed by atoms with E-state index >= 15 is 0 Å². The molecule has 0 aliphatic carbocycles. The minimum atomic E-state index is 0.662. The number of nitrogens with zero attached hydrogens (tertiary/aromatic N) is 6. The molecule has 26 heavy (non-hydrogen) atoms. The van der Waals surface area contributed by atoms with Crippen molar-refractivity contribution < 1.29 is 0 Å². The SMILES string of the molecule is Cc1ccc(Cc2cc(Cl)cc(C)c2-n2nccn2)c(-n2nccn2)c1. The van der Waals surface area contributed by atoms with Gasteiger partial charge in [0.15, 0.2) is 0 Å². The van der Waals surface area contributed by atoms with Crippen LogP contribution >= 0.6 is 11.6 Å². The fraction of sp³-hybridized carbons (Fsp3) is 0.158. The van der Waals surface area contributed by atoms with Gasteiger partial charge in [-0.2, -0.15) is 30.0 Å². The second kappa shape index (κ2) is 6.72. The van der Waals surface area contributed by atoms with Crippen LogP contribution in [0, 0.1) is 13.8 Å². The number of hydrogen-bond acceptors (Lipinski definition) is 4. The summed E-state index contributed by atoms with van der Waals surface area (Å²) in [6.07, 6.45) is 7.35. The maximum absolute atomic E-state index is 6.33. The van der Waals surface area contributed by atoms with Crippen LogP contribution in [0.2, 0.25) is 5.02 Å². The van der Waals surface area contributed by atoms with Gasteiger partial charge in [0, 0.05) is 11.4 Å². The predicted octanol–water partition coefficient (Wildman–Crippen LogP) is 3.71. The largest absolute Gasteiger partial charge is 0.157 e. The number of halogens is 1. The van der Waals surface area contributed by atoms with Crippen molar-refractivity contribution in [2.75, 3.05) is 0 Å². The third kappa shape index (κ3) is 3.11. The van der Waals surface area contributed by atoms with E-state index in [0.29, 0.717) is 11.4 Å². The van der Waals surface area contributed by atoms with Crippen LogP contribution < -0.4 is 0 Å². The number of hydrogen-bond donors (Lipinski definition) is 0. The first-order chi connectivity index (χ1) is 12.6. The molecule has 0 unspecified atom stereocenters. The summed E-state index contributed by atoms with van der Waals surface area (Å²) in [7, 11) is 0. The predicted molar refractivity (Wildman–Crippen MR) is 100 cm³/mol. The molecule has 130 valence electrons. The molecule has 0 radical (unpaired) electrons. The molecule has 0 saturated heterocycles. The molecule has 2 aromatic carbocycles. The Hall–Kier alpha value is -2.99. The highest BCUT2D eigenvalue weighted by molar-refractivity contribution is 6.30. The van der Waals surface area contributed by atoms with Gasteiger partial charge < -0.3 is 0 Å². The lowest BCUT2D eigenvalue weighted by molar-refractivity contribution is 0.732. The summed E-state index contributed by atoms with van der Waals surface area (Å²) in [6, 6.07) is 10.2. The molecule has 4 rings (SSSR count). The van der Waals surface area contributed by atoms with E-state index in [4.69, 9.17) is 11.6 Å². The van der Waals surface area contributed by atoms with Crippen molar-refractivity contribution in [1.29, 1.82) is 0 Å². The van der Waals surface area contributed by atoms with Crippen molar-refractivity contribution in [2.45, 2.75) is 20.3 Å². The van der Waals surface area contributed by atoms with Crippen LogP contribution in [0.3, 0.4) is 0 Å². The molecule has 6 nitrogen and oxygen atoms in total. The van der Waals surface area contributed by atoms with Gasteiger partial charge in [-0.15, -0.1) is 0 Å². The minimum absolute atomic E-state index is 0.662. The zero-order valence-electron chi connectivity index (χ0n) is 14.5. The fourth-order valence-corrected chi connectivity index (χ4v) is 3.41. The summed E-state index contributed by atoms with van der Waals surface area (Å²) >= 11 is 6.33. The molecule has 0 bridgehead atoms. The van der Waals surface area contributed by atoms with Crippen LogP contribution in [0.25, 0.3) is 11.4 Å². The van der Waals surface area contributed by atoms with Gasteiger partial charge in [0.1, 0.15) is 0 Å². The van der Waals surface area contributed by atoms with Crippen molar-refractivity contribution >= 4 is 11.6 Å². The smallest absolute Gasteiger partial charge is 0.0922 e. The van der Waals surface area contributed by atoms with Gasteiger partial charge >= 0.3 is 0 Å². The van der Waals surface area contributed by atoms with E-state index in [1.165, 1.54) is 0 Å². The normalized spacial score (nSPS) is 11.0. The summed E-state index contributed by atoms with van der Waals surface area (Å²) in [5, 5.41) is 17.9. The van der Waals surface area contributed by atoms with Gasteiger partial charge in [0.2, 0.25) is 0 Å². The van der Waals surface area contributed by atoms with E-state index in [9.17, 15) is 0 Å². The average molecular weight is 365 g/mol. The molecular formula is C19H17ClN6. The highest BCUT2D eigenvalue weighted by atomic mass is 35.5. The van der Waals surface area contributed by atoms with Gasteiger partial charge in [-0.05, 0) is 54.3 Å². The van der Waals surface area contributed by atoms with Gasteiger partial charge in [-0.3, -0.25) is 0 Å². The maximum atomic E-state index is 6.33. The lowest BCUT2D eigenvalue weighted by Gasteiger charge is -2.15. The molecule has 0 spiro atoms. The quantitative estimate of drug-likeness (QED) is 0.554. The molecule has 2 aromatic heterocycles. The number of aryl methyl sites for hydroxylation is 2. The first kappa shape index (κ1) is 16.5. The Bertz CT molecular complexity index is 1040. The number of benzene rings is 2. The van der Waals surface area contributed by atoms with Crippen molar-refractivity contribution in [3.8, 4) is 11.4 Å². The zero-order valence-corrected chi connectivity index (χ0v) is 15.2. The Morgan fingerprint density at radius 1 is 0.808 bits per heavy atom. The maximum Gasteiger partial charge on any atom is 0.0922 e. The summed E-state index contributed by atoms with van der Waals surface area (Å²) < 4.78 is 0. The lowest BCUT2D eigenvalue weighted by Crippen LogP contribution is -2.09. The summed E-state index contributed by atoms with van der Waals surface area (Å²) in [5.74, 6) is 0. The highest BCUT2D eigenvalue weighted by Gasteiger charge is 2.15. The molecule has 0 aliphatic heterocycles. The summed E-state index contributed by atoms with van der Waals surface area (Å²) in [6.45, 7) is 4.07. The molecule has 0 aliphatic rings. The fourth-order valence-electron chi connectivity index (χ4n) is 3.11. The van der Waals surface area contributed by atoms with E-state index < -0.39 is 0 Å². The van der Waals surface area contributed by atoms with Crippen molar-refractivity contribution in [3.63, 3.8) is 0 Å². The van der Waals surface area contributed by atoms with Gasteiger partial charge in [-0.25, -0.2) is 0 Å². The first-order valence-corrected chi connectivity index (χ1v) is 8.61. The van der Waals surface area contributed by atoms with Crippen molar-refractivity contribution in [2.24, 2.45) is 0 Å². The van der Waals surface area contributed by atoms with Gasteiger partial charge in [0.25, 0.3) is 0 Å². The van der Waals surface area contributed by atoms with Crippen LogP contribution in [0.5, 0.6) is 0 Å².